The quantitative estimate of drug-likeness (QED) is 0.905. The molecule has 0 amide bonds. The van der Waals surface area contributed by atoms with Crippen molar-refractivity contribution in [1.82, 2.24) is 10.3 Å². The van der Waals surface area contributed by atoms with Crippen molar-refractivity contribution >= 4 is 12.4 Å². The van der Waals surface area contributed by atoms with Gasteiger partial charge in [-0.3, -0.25) is 4.98 Å². The first-order valence-electron chi connectivity index (χ1n) is 6.87. The largest absolute Gasteiger partial charge is 0.488 e. The molecule has 7 heteroatoms. The number of alkyl halides is 3. The van der Waals surface area contributed by atoms with Crippen molar-refractivity contribution in [2.75, 3.05) is 13.1 Å². The monoisotopic (exact) mass is 322 g/mol. The number of nitrogens with zero attached hydrogens (tertiary/aromatic N) is 1. The third-order valence-electron chi connectivity index (χ3n) is 4.37. The van der Waals surface area contributed by atoms with Crippen molar-refractivity contribution in [1.29, 1.82) is 0 Å². The van der Waals surface area contributed by atoms with Gasteiger partial charge in [0.2, 0.25) is 0 Å². The second-order valence-corrected chi connectivity index (χ2v) is 5.77. The molecule has 3 rings (SSSR count). The highest BCUT2D eigenvalue weighted by Gasteiger charge is 2.46. The molecule has 1 saturated heterocycles. The zero-order valence-corrected chi connectivity index (χ0v) is 12.3. The second kappa shape index (κ2) is 6.01. The maximum Gasteiger partial charge on any atom is 0.420 e. The molecule has 1 aliphatic heterocycles. The highest BCUT2D eigenvalue weighted by Crippen LogP contribution is 2.50. The van der Waals surface area contributed by atoms with Crippen molar-refractivity contribution in [3.8, 4) is 5.75 Å². The van der Waals surface area contributed by atoms with E-state index in [9.17, 15) is 13.2 Å². The Hall–Kier alpha value is -1.01. The van der Waals surface area contributed by atoms with Crippen LogP contribution < -0.4 is 10.1 Å². The summed E-state index contributed by atoms with van der Waals surface area (Å²) in [5.74, 6) is -0.145. The van der Waals surface area contributed by atoms with Gasteiger partial charge in [0.15, 0.2) is 0 Å². The number of piperidine rings is 1. The fourth-order valence-corrected chi connectivity index (χ4v) is 3.24. The topological polar surface area (TPSA) is 34.1 Å². The smallest absolute Gasteiger partial charge is 0.420 e. The van der Waals surface area contributed by atoms with Crippen LogP contribution in [0, 0.1) is 5.41 Å². The summed E-state index contributed by atoms with van der Waals surface area (Å²) in [6.07, 6.45) is 1.67. The molecule has 118 valence electrons. The summed E-state index contributed by atoms with van der Waals surface area (Å²) in [4.78, 5) is 3.74. The number of hydrogen-bond donors (Lipinski definition) is 1. The first-order valence-corrected chi connectivity index (χ1v) is 6.87. The van der Waals surface area contributed by atoms with E-state index in [1.165, 1.54) is 0 Å². The number of pyridine rings is 1. The summed E-state index contributed by atoms with van der Waals surface area (Å²) in [6, 6.07) is 0.967. The Morgan fingerprint density at radius 3 is 2.52 bits per heavy atom. The summed E-state index contributed by atoms with van der Waals surface area (Å²) in [7, 11) is 0. The first-order chi connectivity index (χ1) is 9.49. The Morgan fingerprint density at radius 1 is 1.24 bits per heavy atom. The molecule has 1 aliphatic carbocycles. The van der Waals surface area contributed by atoms with Crippen LogP contribution >= 0.6 is 12.4 Å². The molecule has 1 aromatic rings. The molecule has 0 aromatic carbocycles. The van der Waals surface area contributed by atoms with Gasteiger partial charge in [-0.05, 0) is 50.3 Å². The summed E-state index contributed by atoms with van der Waals surface area (Å²) in [6.45, 7) is 1.99. The molecule has 1 aromatic heterocycles. The molecule has 0 unspecified atom stereocenters. The zero-order chi connectivity index (χ0) is 14.2. The first kappa shape index (κ1) is 16.4. The normalized spacial score (nSPS) is 21.5. The predicted molar refractivity (Wildman–Crippen MR) is 74.7 cm³/mol. The van der Waals surface area contributed by atoms with E-state index < -0.39 is 11.7 Å². The van der Waals surface area contributed by atoms with E-state index in [2.05, 4.69) is 10.3 Å². The molecule has 2 fully saturated rings. The third-order valence-corrected chi connectivity index (χ3v) is 4.37. The highest BCUT2D eigenvalue weighted by molar-refractivity contribution is 5.85. The van der Waals surface area contributed by atoms with Crippen LogP contribution in [0.25, 0.3) is 0 Å². The van der Waals surface area contributed by atoms with Gasteiger partial charge in [0.1, 0.15) is 11.3 Å². The zero-order valence-electron chi connectivity index (χ0n) is 11.4. The lowest BCUT2D eigenvalue weighted by atomic mass is 9.62. The minimum absolute atomic E-state index is 0. The molecule has 0 radical (unpaired) electrons. The van der Waals surface area contributed by atoms with Crippen LogP contribution in [-0.2, 0) is 6.18 Å². The van der Waals surface area contributed by atoms with Gasteiger partial charge in [-0.25, -0.2) is 0 Å². The lowest BCUT2D eigenvalue weighted by molar-refractivity contribution is -0.140. The van der Waals surface area contributed by atoms with Gasteiger partial charge in [-0.15, -0.1) is 12.4 Å². The summed E-state index contributed by atoms with van der Waals surface area (Å²) in [5.41, 5.74) is -0.449. The second-order valence-electron chi connectivity index (χ2n) is 5.77. The van der Waals surface area contributed by atoms with E-state index >= 15 is 0 Å². The van der Waals surface area contributed by atoms with Crippen molar-refractivity contribution in [3.05, 3.63) is 24.0 Å². The van der Waals surface area contributed by atoms with Crippen LogP contribution in [0.15, 0.2) is 18.5 Å². The van der Waals surface area contributed by atoms with Gasteiger partial charge < -0.3 is 10.1 Å². The van der Waals surface area contributed by atoms with Crippen molar-refractivity contribution in [2.24, 2.45) is 5.41 Å². The van der Waals surface area contributed by atoms with E-state index in [0.29, 0.717) is 0 Å². The van der Waals surface area contributed by atoms with Crippen LogP contribution in [0.5, 0.6) is 5.75 Å². The molecule has 1 saturated carbocycles. The highest BCUT2D eigenvalue weighted by atomic mass is 35.5. The van der Waals surface area contributed by atoms with Crippen LogP contribution in [0.4, 0.5) is 13.2 Å². The van der Waals surface area contributed by atoms with Gasteiger partial charge in [0.25, 0.3) is 0 Å². The number of rotatable bonds is 2. The fourth-order valence-electron chi connectivity index (χ4n) is 3.24. The molecule has 2 heterocycles. The van der Waals surface area contributed by atoms with Gasteiger partial charge >= 0.3 is 6.18 Å². The maximum atomic E-state index is 12.9. The maximum absolute atomic E-state index is 12.9. The van der Waals surface area contributed by atoms with Crippen LogP contribution in [-0.4, -0.2) is 24.2 Å². The summed E-state index contributed by atoms with van der Waals surface area (Å²) in [5, 5.41) is 3.30. The third kappa shape index (κ3) is 3.43. The number of aromatic nitrogens is 1. The molecule has 1 N–H and O–H groups in total. The molecule has 21 heavy (non-hydrogen) atoms. The van der Waals surface area contributed by atoms with Crippen molar-refractivity contribution in [3.63, 3.8) is 0 Å². The van der Waals surface area contributed by atoms with Gasteiger partial charge in [0, 0.05) is 6.20 Å². The van der Waals surface area contributed by atoms with E-state index in [4.69, 9.17) is 4.74 Å². The molecule has 0 bridgehead atoms. The van der Waals surface area contributed by atoms with Crippen LogP contribution in [0.1, 0.15) is 31.2 Å². The molecular formula is C14H18ClF3N2O. The lowest BCUT2D eigenvalue weighted by Crippen LogP contribution is -2.49. The van der Waals surface area contributed by atoms with Gasteiger partial charge in [-0.2, -0.15) is 13.2 Å². The Balaban J connectivity index is 0.00000161. The Kier molecular flexibility index (Phi) is 4.68. The van der Waals surface area contributed by atoms with E-state index in [1.807, 2.05) is 0 Å². The standard InChI is InChI=1S/C14H17F3N2O.ClH/c15-14(16,17)11-1-4-19-9-12(11)20-10-7-13(8-10)2-5-18-6-3-13;/h1,4,9-10,18H,2-3,5-8H2;1H. The number of nitrogens with one attached hydrogen (secondary N) is 1. The number of halogens is 4. The average molecular weight is 323 g/mol. The van der Waals surface area contributed by atoms with Crippen molar-refractivity contribution < 1.29 is 17.9 Å². The fraction of sp³-hybridized carbons (Fsp3) is 0.643. The summed E-state index contributed by atoms with van der Waals surface area (Å²) < 4.78 is 44.1. The van der Waals surface area contributed by atoms with Crippen molar-refractivity contribution in [2.45, 2.75) is 38.0 Å². The minimum Gasteiger partial charge on any atom is -0.488 e. The molecular weight excluding hydrogens is 305 g/mol. The number of ether oxygens (including phenoxy) is 1. The van der Waals surface area contributed by atoms with E-state index in [1.54, 1.807) is 0 Å². The summed E-state index contributed by atoms with van der Waals surface area (Å²) >= 11 is 0. The SMILES string of the molecule is Cl.FC(F)(F)c1ccncc1OC1CC2(CCNCC2)C1. The lowest BCUT2D eigenvalue weighted by Gasteiger charge is -2.49. The predicted octanol–water partition coefficient (Wildman–Crippen LogP) is 3.43. The molecule has 1 spiro atoms. The Morgan fingerprint density at radius 2 is 1.90 bits per heavy atom. The number of hydrogen-bond acceptors (Lipinski definition) is 3. The molecule has 3 nitrogen and oxygen atoms in total. The van der Waals surface area contributed by atoms with Gasteiger partial charge in [0.05, 0.1) is 12.3 Å². The molecule has 0 atom stereocenters. The van der Waals surface area contributed by atoms with E-state index in [-0.39, 0.29) is 29.7 Å². The van der Waals surface area contributed by atoms with Crippen LogP contribution in [0.2, 0.25) is 0 Å². The Bertz CT molecular complexity index is 481. The Labute approximate surface area is 127 Å². The van der Waals surface area contributed by atoms with E-state index in [0.717, 1.165) is 57.2 Å². The average Bonchev–Trinajstić information content (AvgIpc) is 2.37. The minimum atomic E-state index is -4.39. The van der Waals surface area contributed by atoms with Crippen LogP contribution in [0.3, 0.4) is 0 Å². The molecule has 2 aliphatic rings. The van der Waals surface area contributed by atoms with Gasteiger partial charge in [-0.1, -0.05) is 0 Å².